The van der Waals surface area contributed by atoms with Crippen molar-refractivity contribution in [3.63, 3.8) is 0 Å². The van der Waals surface area contributed by atoms with Gasteiger partial charge in [0, 0.05) is 25.8 Å². The van der Waals surface area contributed by atoms with E-state index < -0.39 is 0 Å². The van der Waals surface area contributed by atoms with Crippen molar-refractivity contribution < 1.29 is 9.53 Å². The van der Waals surface area contributed by atoms with Gasteiger partial charge in [-0.2, -0.15) is 5.10 Å². The van der Waals surface area contributed by atoms with E-state index in [1.54, 1.807) is 41.1 Å². The first-order chi connectivity index (χ1) is 12.9. The first-order valence-electron chi connectivity index (χ1n) is 8.57. The topological polar surface area (TPSA) is 63.5 Å². The summed E-state index contributed by atoms with van der Waals surface area (Å²) in [6.45, 7) is 3.87. The lowest BCUT2D eigenvalue weighted by molar-refractivity contribution is 0.0979. The van der Waals surface area contributed by atoms with Crippen LogP contribution in [0.5, 0.6) is 5.75 Å². The van der Waals surface area contributed by atoms with E-state index >= 15 is 0 Å². The third kappa shape index (κ3) is 4.07. The van der Waals surface area contributed by atoms with E-state index in [9.17, 15) is 4.79 Å². The highest BCUT2D eigenvalue weighted by Gasteiger charge is 2.24. The van der Waals surface area contributed by atoms with Crippen molar-refractivity contribution >= 4 is 44.2 Å². The number of aryl methyl sites for hydroxylation is 1. The SMILES string of the molecule is CCn1ccc(C(=O)N(CCN(C)C)c2nc3c(OC)ccc(Cl)c3s2)n1. The maximum Gasteiger partial charge on any atom is 0.280 e. The van der Waals surface area contributed by atoms with Gasteiger partial charge in [0.2, 0.25) is 0 Å². The quantitative estimate of drug-likeness (QED) is 0.600. The van der Waals surface area contributed by atoms with Gasteiger partial charge in [0.1, 0.15) is 11.3 Å². The summed E-state index contributed by atoms with van der Waals surface area (Å²) in [6.07, 6.45) is 1.80. The molecule has 0 atom stereocenters. The van der Waals surface area contributed by atoms with Gasteiger partial charge < -0.3 is 9.64 Å². The highest BCUT2D eigenvalue weighted by molar-refractivity contribution is 7.23. The molecule has 0 radical (unpaired) electrons. The number of ether oxygens (including phenoxy) is 1. The summed E-state index contributed by atoms with van der Waals surface area (Å²) in [7, 11) is 5.52. The molecule has 1 amide bonds. The zero-order valence-corrected chi connectivity index (χ0v) is 17.3. The average molecular weight is 408 g/mol. The Bertz CT molecular complexity index is 953. The van der Waals surface area contributed by atoms with Crippen molar-refractivity contribution in [3.8, 4) is 5.75 Å². The number of nitrogens with zero attached hydrogens (tertiary/aromatic N) is 5. The van der Waals surface area contributed by atoms with Crippen molar-refractivity contribution in [1.29, 1.82) is 0 Å². The van der Waals surface area contributed by atoms with E-state index in [1.807, 2.05) is 25.9 Å². The zero-order valence-electron chi connectivity index (χ0n) is 15.8. The molecule has 7 nitrogen and oxygen atoms in total. The predicted octanol–water partition coefficient (Wildman–Crippen LogP) is 3.38. The van der Waals surface area contributed by atoms with Crippen LogP contribution in [-0.4, -0.2) is 59.9 Å². The highest BCUT2D eigenvalue weighted by Crippen LogP contribution is 2.38. The van der Waals surface area contributed by atoms with Crippen molar-refractivity contribution in [3.05, 3.63) is 35.1 Å². The smallest absolute Gasteiger partial charge is 0.280 e. The number of anilines is 1. The monoisotopic (exact) mass is 407 g/mol. The molecule has 27 heavy (non-hydrogen) atoms. The molecule has 3 aromatic rings. The van der Waals surface area contributed by atoms with Crippen LogP contribution in [0.2, 0.25) is 5.02 Å². The Labute approximate surface area is 167 Å². The molecule has 0 unspecified atom stereocenters. The molecule has 0 aliphatic carbocycles. The van der Waals surface area contributed by atoms with Crippen LogP contribution in [-0.2, 0) is 6.54 Å². The summed E-state index contributed by atoms with van der Waals surface area (Å²) in [6, 6.07) is 5.29. The van der Waals surface area contributed by atoms with Gasteiger partial charge in [-0.1, -0.05) is 22.9 Å². The van der Waals surface area contributed by atoms with Gasteiger partial charge in [-0.05, 0) is 39.2 Å². The number of carbonyl (C=O) groups excluding carboxylic acids is 1. The van der Waals surface area contributed by atoms with Gasteiger partial charge >= 0.3 is 0 Å². The predicted molar refractivity (Wildman–Crippen MR) is 109 cm³/mol. The number of amides is 1. The van der Waals surface area contributed by atoms with Crippen LogP contribution in [0.3, 0.4) is 0 Å². The second kappa shape index (κ2) is 8.24. The average Bonchev–Trinajstić information content (AvgIpc) is 3.29. The van der Waals surface area contributed by atoms with E-state index in [-0.39, 0.29) is 5.91 Å². The lowest BCUT2D eigenvalue weighted by Crippen LogP contribution is -2.37. The molecule has 144 valence electrons. The molecule has 0 spiro atoms. The molecule has 0 saturated carbocycles. The minimum absolute atomic E-state index is 0.182. The fraction of sp³-hybridized carbons (Fsp3) is 0.389. The maximum atomic E-state index is 13.1. The number of hydrogen-bond donors (Lipinski definition) is 0. The van der Waals surface area contributed by atoms with E-state index in [0.29, 0.717) is 46.7 Å². The molecule has 1 aromatic carbocycles. The number of aromatic nitrogens is 3. The number of methoxy groups -OCH3 is 1. The number of thiazole rings is 1. The third-order valence-electron chi connectivity index (χ3n) is 4.10. The molecule has 2 heterocycles. The second-order valence-corrected chi connectivity index (χ2v) is 7.63. The summed E-state index contributed by atoms with van der Waals surface area (Å²) in [4.78, 5) is 21.5. The summed E-state index contributed by atoms with van der Waals surface area (Å²) < 4.78 is 7.93. The Morgan fingerprint density at radius 1 is 1.30 bits per heavy atom. The van der Waals surface area contributed by atoms with Gasteiger partial charge in [-0.15, -0.1) is 0 Å². The number of likely N-dealkylation sites (N-methyl/N-ethyl adjacent to an activating group) is 1. The maximum absolute atomic E-state index is 13.1. The highest BCUT2D eigenvalue weighted by atomic mass is 35.5. The molecule has 0 fully saturated rings. The Morgan fingerprint density at radius 2 is 2.07 bits per heavy atom. The Morgan fingerprint density at radius 3 is 2.70 bits per heavy atom. The Balaban J connectivity index is 2.03. The minimum Gasteiger partial charge on any atom is -0.494 e. The summed E-state index contributed by atoms with van der Waals surface area (Å²) >= 11 is 7.72. The third-order valence-corrected chi connectivity index (χ3v) is 5.64. The molecule has 9 heteroatoms. The van der Waals surface area contributed by atoms with Gasteiger partial charge in [0.05, 0.1) is 16.8 Å². The number of benzene rings is 1. The standard InChI is InChI=1S/C18H22ClN5O2S/c1-5-23-9-8-13(21-23)17(25)24(11-10-22(2)3)18-20-15-14(26-4)7-6-12(19)16(15)27-18/h6-9H,5,10-11H2,1-4H3. The molecular weight excluding hydrogens is 386 g/mol. The molecule has 0 aliphatic rings. The second-order valence-electron chi connectivity index (χ2n) is 6.24. The van der Waals surface area contributed by atoms with Crippen LogP contribution >= 0.6 is 22.9 Å². The lowest BCUT2D eigenvalue weighted by atomic mass is 10.3. The fourth-order valence-corrected chi connectivity index (χ4v) is 3.88. The molecular formula is C18H22ClN5O2S. The minimum atomic E-state index is -0.182. The van der Waals surface area contributed by atoms with E-state index in [4.69, 9.17) is 16.3 Å². The molecule has 3 rings (SSSR count). The number of halogens is 1. The van der Waals surface area contributed by atoms with Crippen LogP contribution in [0.4, 0.5) is 5.13 Å². The lowest BCUT2D eigenvalue weighted by Gasteiger charge is -2.21. The Kier molecular flexibility index (Phi) is 5.98. The summed E-state index contributed by atoms with van der Waals surface area (Å²) in [5, 5.41) is 5.51. The van der Waals surface area contributed by atoms with Crippen LogP contribution in [0.15, 0.2) is 24.4 Å². The van der Waals surface area contributed by atoms with Gasteiger partial charge in [0.25, 0.3) is 5.91 Å². The molecule has 2 aromatic heterocycles. The van der Waals surface area contributed by atoms with Crippen LogP contribution in [0.1, 0.15) is 17.4 Å². The normalized spacial score (nSPS) is 11.3. The van der Waals surface area contributed by atoms with Crippen LogP contribution < -0.4 is 9.64 Å². The number of carbonyl (C=O) groups is 1. The largest absolute Gasteiger partial charge is 0.494 e. The summed E-state index contributed by atoms with van der Waals surface area (Å²) in [5.41, 5.74) is 1.06. The van der Waals surface area contributed by atoms with Gasteiger partial charge in [-0.25, -0.2) is 4.98 Å². The van der Waals surface area contributed by atoms with Crippen molar-refractivity contribution in [2.45, 2.75) is 13.5 Å². The number of fused-ring (bicyclic) bond motifs is 1. The van der Waals surface area contributed by atoms with Crippen molar-refractivity contribution in [1.82, 2.24) is 19.7 Å². The number of hydrogen-bond acceptors (Lipinski definition) is 6. The van der Waals surface area contributed by atoms with Crippen molar-refractivity contribution in [2.75, 3.05) is 39.2 Å². The first kappa shape index (κ1) is 19.6. The molecule has 0 N–H and O–H groups in total. The van der Waals surface area contributed by atoms with E-state index in [2.05, 4.69) is 10.1 Å². The molecule has 0 bridgehead atoms. The van der Waals surface area contributed by atoms with Crippen LogP contribution in [0, 0.1) is 0 Å². The van der Waals surface area contributed by atoms with E-state index in [1.165, 1.54) is 11.3 Å². The van der Waals surface area contributed by atoms with Gasteiger partial charge in [0.15, 0.2) is 10.8 Å². The fourth-order valence-electron chi connectivity index (χ4n) is 2.60. The first-order valence-corrected chi connectivity index (χ1v) is 9.77. The van der Waals surface area contributed by atoms with E-state index in [0.717, 1.165) is 4.70 Å². The summed E-state index contributed by atoms with van der Waals surface area (Å²) in [5.74, 6) is 0.449. The van der Waals surface area contributed by atoms with Crippen molar-refractivity contribution in [2.24, 2.45) is 0 Å². The molecule has 0 saturated heterocycles. The zero-order chi connectivity index (χ0) is 19.6. The molecule has 0 aliphatic heterocycles. The Hall–Kier alpha value is -2.16. The number of rotatable bonds is 7. The van der Waals surface area contributed by atoms with Gasteiger partial charge in [-0.3, -0.25) is 14.4 Å². The van der Waals surface area contributed by atoms with Crippen LogP contribution in [0.25, 0.3) is 10.2 Å².